The lowest BCUT2D eigenvalue weighted by molar-refractivity contribution is -0.105. The number of carbonyl (C=O) groups excluding carboxylic acids is 1. The van der Waals surface area contributed by atoms with Crippen molar-refractivity contribution in [1.29, 1.82) is 0 Å². The highest BCUT2D eigenvalue weighted by molar-refractivity contribution is 6.37. The van der Waals surface area contributed by atoms with Gasteiger partial charge in [0, 0.05) is 49.0 Å². The number of halogens is 3. The number of aromatic nitrogens is 1. The summed E-state index contributed by atoms with van der Waals surface area (Å²) in [5, 5.41) is 11.9. The van der Waals surface area contributed by atoms with Gasteiger partial charge < -0.3 is 14.6 Å². The van der Waals surface area contributed by atoms with Gasteiger partial charge in [-0.25, -0.2) is 8.78 Å². The van der Waals surface area contributed by atoms with Crippen molar-refractivity contribution >= 4 is 28.3 Å². The molecule has 0 bridgehead atoms. The summed E-state index contributed by atoms with van der Waals surface area (Å²) in [4.78, 5) is 15.4. The van der Waals surface area contributed by atoms with Crippen LogP contribution in [0.4, 0.5) is 8.78 Å². The molecule has 1 aliphatic heterocycles. The largest absolute Gasteiger partial charge is 0.390 e. The predicted molar refractivity (Wildman–Crippen MR) is 115 cm³/mol. The molecule has 4 rings (SSSR count). The van der Waals surface area contributed by atoms with E-state index in [0.29, 0.717) is 16.6 Å². The summed E-state index contributed by atoms with van der Waals surface area (Å²) in [6, 6.07) is 6.07. The number of hydrogen-bond acceptors (Lipinski definition) is 3. The molecule has 1 aromatic heterocycles. The zero-order valence-electron chi connectivity index (χ0n) is 17.3. The lowest BCUT2D eigenvalue weighted by atomic mass is 9.79. The van der Waals surface area contributed by atoms with E-state index in [-0.39, 0.29) is 44.3 Å². The standard InChI is InChI=1S/C23H29ClF2N2O2/c1-27-13-3-4-16(27)14-28-15-17(21-18(24)5-2-6-19(21)28)20(29)7-8-22(30)9-11-23(25,26)12-10-22/h2,5-6,15-16,30H,3-4,7-14H2,1H3/t16-/m0/s1. The fourth-order valence-electron chi connectivity index (χ4n) is 4.92. The van der Waals surface area contributed by atoms with Crippen LogP contribution in [-0.4, -0.2) is 51.5 Å². The monoisotopic (exact) mass is 438 g/mol. The normalized spacial score (nSPS) is 23.8. The van der Waals surface area contributed by atoms with Gasteiger partial charge in [0.2, 0.25) is 5.92 Å². The van der Waals surface area contributed by atoms with E-state index in [4.69, 9.17) is 11.6 Å². The Bertz CT molecular complexity index is 933. The fourth-order valence-corrected chi connectivity index (χ4v) is 5.19. The number of hydrogen-bond donors (Lipinski definition) is 1. The van der Waals surface area contributed by atoms with Crippen molar-refractivity contribution in [3.8, 4) is 0 Å². The van der Waals surface area contributed by atoms with E-state index in [1.165, 1.54) is 6.42 Å². The van der Waals surface area contributed by atoms with Gasteiger partial charge in [0.1, 0.15) is 0 Å². The average molecular weight is 439 g/mol. The third-order valence-electron chi connectivity index (χ3n) is 6.96. The summed E-state index contributed by atoms with van der Waals surface area (Å²) in [7, 11) is 2.12. The molecule has 30 heavy (non-hydrogen) atoms. The second kappa shape index (κ2) is 8.21. The number of fused-ring (bicyclic) bond motifs is 1. The molecule has 2 aromatic rings. The number of aliphatic hydroxyl groups is 1. The number of benzene rings is 1. The Morgan fingerprint density at radius 2 is 2.00 bits per heavy atom. The molecule has 0 unspecified atom stereocenters. The molecule has 1 saturated carbocycles. The van der Waals surface area contributed by atoms with E-state index < -0.39 is 11.5 Å². The summed E-state index contributed by atoms with van der Waals surface area (Å²) < 4.78 is 29.0. The van der Waals surface area contributed by atoms with Crippen molar-refractivity contribution < 1.29 is 18.7 Å². The number of ketones is 1. The van der Waals surface area contributed by atoms with Crippen molar-refractivity contribution in [3.05, 3.63) is 35.0 Å². The van der Waals surface area contributed by atoms with Crippen LogP contribution in [0.15, 0.2) is 24.4 Å². The first kappa shape index (κ1) is 21.7. The quantitative estimate of drug-likeness (QED) is 0.623. The van der Waals surface area contributed by atoms with Gasteiger partial charge in [-0.15, -0.1) is 0 Å². The van der Waals surface area contributed by atoms with Gasteiger partial charge >= 0.3 is 0 Å². The van der Waals surface area contributed by atoms with Crippen LogP contribution in [0.25, 0.3) is 10.9 Å². The van der Waals surface area contributed by atoms with E-state index in [9.17, 15) is 18.7 Å². The first-order valence-corrected chi connectivity index (χ1v) is 11.2. The minimum absolute atomic E-state index is 0.0316. The Kier molecular flexibility index (Phi) is 5.94. The molecular weight excluding hydrogens is 410 g/mol. The lowest BCUT2D eigenvalue weighted by Crippen LogP contribution is -2.38. The van der Waals surface area contributed by atoms with E-state index >= 15 is 0 Å². The SMILES string of the molecule is CN1CCC[C@H]1Cn1cc(C(=O)CCC2(O)CCC(F)(F)CC2)c2c(Cl)cccc21. The molecule has 0 spiro atoms. The Balaban J connectivity index is 1.54. The molecule has 164 valence electrons. The maximum absolute atomic E-state index is 13.4. The van der Waals surface area contributed by atoms with Gasteiger partial charge in [-0.1, -0.05) is 17.7 Å². The number of alkyl halides is 2. The number of nitrogens with zero attached hydrogens (tertiary/aromatic N) is 2. The van der Waals surface area contributed by atoms with Crippen LogP contribution < -0.4 is 0 Å². The zero-order valence-corrected chi connectivity index (χ0v) is 18.1. The van der Waals surface area contributed by atoms with Crippen LogP contribution in [0, 0.1) is 0 Å². The highest BCUT2D eigenvalue weighted by Crippen LogP contribution is 2.41. The van der Waals surface area contributed by atoms with E-state index in [0.717, 1.165) is 30.4 Å². The summed E-state index contributed by atoms with van der Waals surface area (Å²) in [6.45, 7) is 1.87. The van der Waals surface area contributed by atoms with Crippen molar-refractivity contribution in [2.24, 2.45) is 0 Å². The smallest absolute Gasteiger partial charge is 0.248 e. The van der Waals surface area contributed by atoms with Crippen LogP contribution in [0.5, 0.6) is 0 Å². The summed E-state index contributed by atoms with van der Waals surface area (Å²) in [5.41, 5.74) is 0.301. The third-order valence-corrected chi connectivity index (χ3v) is 7.28. The second-order valence-corrected chi connectivity index (χ2v) is 9.52. The molecule has 1 aromatic carbocycles. The van der Waals surface area contributed by atoms with Crippen molar-refractivity contribution in [1.82, 2.24) is 9.47 Å². The van der Waals surface area contributed by atoms with Crippen LogP contribution in [0.1, 0.15) is 61.7 Å². The van der Waals surface area contributed by atoms with E-state index in [2.05, 4.69) is 16.5 Å². The van der Waals surface area contributed by atoms with Crippen LogP contribution >= 0.6 is 11.6 Å². The van der Waals surface area contributed by atoms with Crippen molar-refractivity contribution in [3.63, 3.8) is 0 Å². The second-order valence-electron chi connectivity index (χ2n) is 9.11. The Morgan fingerprint density at radius 3 is 2.67 bits per heavy atom. The molecular formula is C23H29ClF2N2O2. The highest BCUT2D eigenvalue weighted by atomic mass is 35.5. The van der Waals surface area contributed by atoms with E-state index in [1.54, 1.807) is 6.07 Å². The topological polar surface area (TPSA) is 45.5 Å². The van der Waals surface area contributed by atoms with Crippen LogP contribution in [0.3, 0.4) is 0 Å². The van der Waals surface area contributed by atoms with Gasteiger partial charge in [0.15, 0.2) is 5.78 Å². The zero-order chi connectivity index (χ0) is 21.5. The van der Waals surface area contributed by atoms with Gasteiger partial charge in [-0.05, 0) is 57.8 Å². The van der Waals surface area contributed by atoms with Crippen molar-refractivity contribution in [2.75, 3.05) is 13.6 Å². The predicted octanol–water partition coefficient (Wildman–Crippen LogP) is 5.29. The first-order valence-electron chi connectivity index (χ1n) is 10.8. The molecule has 2 heterocycles. The van der Waals surface area contributed by atoms with Gasteiger partial charge in [-0.3, -0.25) is 4.79 Å². The Morgan fingerprint density at radius 1 is 1.27 bits per heavy atom. The molecule has 0 radical (unpaired) electrons. The Hall–Kier alpha value is -1.50. The van der Waals surface area contributed by atoms with Crippen LogP contribution in [-0.2, 0) is 6.54 Å². The minimum atomic E-state index is -2.70. The maximum atomic E-state index is 13.4. The number of likely N-dealkylation sites (N-methyl/N-ethyl adjacent to an activating group) is 1. The average Bonchev–Trinajstić information content (AvgIpc) is 3.28. The molecule has 1 atom stereocenters. The van der Waals surface area contributed by atoms with E-state index in [1.807, 2.05) is 18.3 Å². The molecule has 7 heteroatoms. The first-order chi connectivity index (χ1) is 14.2. The summed E-state index contributed by atoms with van der Waals surface area (Å²) in [6.07, 6.45) is 3.91. The molecule has 1 saturated heterocycles. The maximum Gasteiger partial charge on any atom is 0.248 e. The lowest BCUT2D eigenvalue weighted by Gasteiger charge is -2.35. The molecule has 1 aliphatic carbocycles. The van der Waals surface area contributed by atoms with Gasteiger partial charge in [0.25, 0.3) is 0 Å². The molecule has 0 amide bonds. The minimum Gasteiger partial charge on any atom is -0.390 e. The Labute approximate surface area is 180 Å². The van der Waals surface area contributed by atoms with Gasteiger partial charge in [-0.2, -0.15) is 0 Å². The summed E-state index contributed by atoms with van der Waals surface area (Å²) in [5.74, 6) is -2.80. The number of rotatable bonds is 6. The van der Waals surface area contributed by atoms with Crippen LogP contribution in [0.2, 0.25) is 5.02 Å². The van der Waals surface area contributed by atoms with Crippen molar-refractivity contribution in [2.45, 2.75) is 75.5 Å². The number of likely N-dealkylation sites (tertiary alicyclic amines) is 1. The number of carbonyl (C=O) groups is 1. The third kappa shape index (κ3) is 4.41. The van der Waals surface area contributed by atoms with Gasteiger partial charge in [0.05, 0.1) is 16.1 Å². The molecule has 2 aliphatic rings. The summed E-state index contributed by atoms with van der Waals surface area (Å²) >= 11 is 6.46. The fraction of sp³-hybridized carbons (Fsp3) is 0.609. The molecule has 2 fully saturated rings. The molecule has 1 N–H and O–H groups in total. The highest BCUT2D eigenvalue weighted by Gasteiger charge is 2.42. The molecule has 4 nitrogen and oxygen atoms in total. The number of Topliss-reactive ketones (excluding diaryl/α,β-unsaturated/α-hetero) is 1.